The summed E-state index contributed by atoms with van der Waals surface area (Å²) in [7, 11) is 1.30. The molecule has 1 N–H and O–H groups in total. The molecule has 0 saturated heterocycles. The Labute approximate surface area is 218 Å². The number of aryl methyl sites for hydroxylation is 3. The fourth-order valence-electron chi connectivity index (χ4n) is 4.81. The van der Waals surface area contributed by atoms with Crippen molar-refractivity contribution in [1.82, 2.24) is 29.4 Å². The fraction of sp³-hybridized carbons (Fsp3) is 0.320. The number of carbonyl (C=O) groups excluding carboxylic acids is 1. The second kappa shape index (κ2) is 8.51. The van der Waals surface area contributed by atoms with Crippen molar-refractivity contribution in [1.29, 1.82) is 0 Å². The van der Waals surface area contributed by atoms with E-state index in [1.165, 1.54) is 35.4 Å². The lowest BCUT2D eigenvalue weighted by Gasteiger charge is -2.33. The molecular weight excluding hydrogens is 519 g/mol. The van der Waals surface area contributed by atoms with Gasteiger partial charge in [-0.1, -0.05) is 18.2 Å². The number of alkyl halides is 3. The number of carbonyl (C=O) groups is 1. The van der Waals surface area contributed by atoms with Crippen LogP contribution in [0, 0.1) is 20.8 Å². The van der Waals surface area contributed by atoms with E-state index in [2.05, 4.69) is 25.5 Å². The second-order valence-electron chi connectivity index (χ2n) is 9.37. The van der Waals surface area contributed by atoms with Crippen LogP contribution in [0.15, 0.2) is 30.6 Å². The highest BCUT2D eigenvalue weighted by Crippen LogP contribution is 2.44. The van der Waals surface area contributed by atoms with Crippen LogP contribution >= 0.6 is 11.3 Å². The normalized spacial score (nSPS) is 17.6. The topological polar surface area (TPSA) is 99.2 Å². The average Bonchev–Trinajstić information content (AvgIpc) is 3.58. The summed E-state index contributed by atoms with van der Waals surface area (Å²) in [4.78, 5) is 22.1. The maximum Gasteiger partial charge on any atom is 0.410 e. The standard InChI is InChI=1S/C25H22F3N7O2S/c1-11-5-6-14(7-12(11)2)15-8-17(25(26,27)28)35-18(30-15)9-16(32-35)21-31-22-19-13(3)20(24(36)37-4)38-23(19)29-10-34(22)33-21/h5-7,9-10,15,17,30H,8H2,1-4H3/t15-,17+/m0/s1. The van der Waals surface area contributed by atoms with Gasteiger partial charge in [-0.05, 0) is 43.0 Å². The average molecular weight is 542 g/mol. The number of halogens is 3. The molecule has 13 heteroatoms. The van der Waals surface area contributed by atoms with Crippen molar-refractivity contribution in [2.24, 2.45) is 0 Å². The lowest BCUT2D eigenvalue weighted by Crippen LogP contribution is -2.35. The van der Waals surface area contributed by atoms with Crippen molar-refractivity contribution in [3.63, 3.8) is 0 Å². The van der Waals surface area contributed by atoms with Crippen molar-refractivity contribution in [2.45, 2.75) is 45.5 Å². The van der Waals surface area contributed by atoms with Gasteiger partial charge in [0.15, 0.2) is 11.7 Å². The van der Waals surface area contributed by atoms with Crippen LogP contribution in [0.25, 0.3) is 27.4 Å². The van der Waals surface area contributed by atoms with E-state index in [0.717, 1.165) is 21.4 Å². The molecule has 5 aromatic rings. The lowest BCUT2D eigenvalue weighted by atomic mass is 9.94. The molecule has 6 rings (SSSR count). The summed E-state index contributed by atoms with van der Waals surface area (Å²) in [6, 6.07) is 4.87. The van der Waals surface area contributed by atoms with Crippen molar-refractivity contribution >= 4 is 39.0 Å². The Bertz CT molecular complexity index is 1740. The number of nitrogens with zero attached hydrogens (tertiary/aromatic N) is 6. The minimum absolute atomic E-state index is 0.150. The molecule has 0 fully saturated rings. The molecule has 5 heterocycles. The largest absolute Gasteiger partial charge is 0.465 e. The number of esters is 1. The molecule has 9 nitrogen and oxygen atoms in total. The van der Waals surface area contributed by atoms with Gasteiger partial charge in [-0.2, -0.15) is 18.3 Å². The Morgan fingerprint density at radius 2 is 1.95 bits per heavy atom. The SMILES string of the molecule is COC(=O)c1sc2ncn3nc(-c4cc5n(n4)[C@@H](C(F)(F)F)C[C@@H](c4ccc(C)c(C)c4)N5)nc3c2c1C. The zero-order chi connectivity index (χ0) is 26.9. The molecule has 0 saturated carbocycles. The van der Waals surface area contributed by atoms with Crippen LogP contribution in [-0.4, -0.2) is 48.6 Å². The number of aromatic nitrogens is 6. The predicted octanol–water partition coefficient (Wildman–Crippen LogP) is 5.57. The number of hydrogen-bond donors (Lipinski definition) is 1. The van der Waals surface area contributed by atoms with Crippen molar-refractivity contribution < 1.29 is 22.7 Å². The predicted molar refractivity (Wildman–Crippen MR) is 135 cm³/mol. The third-order valence-corrected chi connectivity index (χ3v) is 8.17. The summed E-state index contributed by atoms with van der Waals surface area (Å²) < 4.78 is 49.8. The number of methoxy groups -OCH3 is 1. The molecule has 0 spiro atoms. The van der Waals surface area contributed by atoms with E-state index >= 15 is 0 Å². The smallest absolute Gasteiger partial charge is 0.410 e. The summed E-state index contributed by atoms with van der Waals surface area (Å²) in [5, 5.41) is 12.6. The Morgan fingerprint density at radius 3 is 2.66 bits per heavy atom. The second-order valence-corrected chi connectivity index (χ2v) is 10.4. The van der Waals surface area contributed by atoms with Gasteiger partial charge >= 0.3 is 12.1 Å². The molecule has 2 atom stereocenters. The lowest BCUT2D eigenvalue weighted by molar-refractivity contribution is -0.173. The number of benzene rings is 1. The maximum atomic E-state index is 14.2. The maximum absolute atomic E-state index is 14.2. The molecule has 0 bridgehead atoms. The van der Waals surface area contributed by atoms with Gasteiger partial charge in [0.1, 0.15) is 27.5 Å². The first-order valence-corrected chi connectivity index (χ1v) is 12.6. The number of nitrogens with one attached hydrogen (secondary N) is 1. The van der Waals surface area contributed by atoms with E-state index in [4.69, 9.17) is 4.74 Å². The summed E-state index contributed by atoms with van der Waals surface area (Å²) in [5.74, 6) is -0.0942. The quantitative estimate of drug-likeness (QED) is 0.298. The van der Waals surface area contributed by atoms with Gasteiger partial charge in [0.2, 0.25) is 5.82 Å². The third-order valence-electron chi connectivity index (χ3n) is 6.99. The zero-order valence-electron chi connectivity index (χ0n) is 20.8. The molecule has 0 unspecified atom stereocenters. The van der Waals surface area contributed by atoms with E-state index in [-0.39, 0.29) is 23.8 Å². The van der Waals surface area contributed by atoms with E-state index < -0.39 is 24.2 Å². The van der Waals surface area contributed by atoms with Gasteiger partial charge in [-0.25, -0.2) is 24.0 Å². The first kappa shape index (κ1) is 24.3. The van der Waals surface area contributed by atoms with Crippen molar-refractivity contribution in [3.8, 4) is 11.5 Å². The molecular formula is C25H22F3N7O2S. The van der Waals surface area contributed by atoms with E-state index in [9.17, 15) is 18.0 Å². The highest BCUT2D eigenvalue weighted by molar-refractivity contribution is 7.20. The van der Waals surface area contributed by atoms with Gasteiger partial charge in [-0.15, -0.1) is 16.4 Å². The van der Waals surface area contributed by atoms with Crippen LogP contribution in [0.3, 0.4) is 0 Å². The molecule has 38 heavy (non-hydrogen) atoms. The molecule has 1 aliphatic rings. The summed E-state index contributed by atoms with van der Waals surface area (Å²) >= 11 is 1.18. The number of thiophene rings is 1. The number of ether oxygens (including phenoxy) is 1. The molecule has 0 aliphatic carbocycles. The number of rotatable bonds is 3. The minimum atomic E-state index is -4.50. The molecule has 0 amide bonds. The van der Waals surface area contributed by atoms with Crippen LogP contribution in [0.1, 0.15) is 50.4 Å². The van der Waals surface area contributed by atoms with E-state index in [0.29, 0.717) is 26.3 Å². The van der Waals surface area contributed by atoms with Gasteiger partial charge in [0.25, 0.3) is 0 Å². The number of fused-ring (bicyclic) bond motifs is 4. The van der Waals surface area contributed by atoms with Gasteiger partial charge < -0.3 is 10.1 Å². The van der Waals surface area contributed by atoms with Crippen molar-refractivity contribution in [3.05, 3.63) is 57.7 Å². The monoisotopic (exact) mass is 541 g/mol. The first-order chi connectivity index (χ1) is 18.0. The van der Waals surface area contributed by atoms with E-state index in [1.54, 1.807) is 6.92 Å². The number of hydrogen-bond acceptors (Lipinski definition) is 8. The molecule has 4 aromatic heterocycles. The van der Waals surface area contributed by atoms with Gasteiger partial charge in [0, 0.05) is 12.5 Å². The van der Waals surface area contributed by atoms with Crippen molar-refractivity contribution in [2.75, 3.05) is 12.4 Å². The first-order valence-electron chi connectivity index (χ1n) is 11.8. The Morgan fingerprint density at radius 1 is 1.16 bits per heavy atom. The molecule has 0 radical (unpaired) electrons. The molecule has 1 aromatic carbocycles. The zero-order valence-corrected chi connectivity index (χ0v) is 21.6. The van der Waals surface area contributed by atoms with E-state index in [1.807, 2.05) is 32.0 Å². The van der Waals surface area contributed by atoms with Crippen LogP contribution < -0.4 is 5.32 Å². The van der Waals surface area contributed by atoms with Crippen LogP contribution in [0.5, 0.6) is 0 Å². The Balaban J connectivity index is 1.44. The van der Waals surface area contributed by atoms with Crippen LogP contribution in [0.2, 0.25) is 0 Å². The minimum Gasteiger partial charge on any atom is -0.465 e. The number of anilines is 1. The fourth-order valence-corrected chi connectivity index (χ4v) is 5.87. The Hall–Kier alpha value is -4.00. The highest BCUT2D eigenvalue weighted by atomic mass is 32.1. The van der Waals surface area contributed by atoms with Crippen LogP contribution in [0.4, 0.5) is 19.0 Å². The molecule has 196 valence electrons. The highest BCUT2D eigenvalue weighted by Gasteiger charge is 2.46. The molecule has 1 aliphatic heterocycles. The summed E-state index contributed by atoms with van der Waals surface area (Å²) in [6.45, 7) is 5.67. The third kappa shape index (κ3) is 3.80. The van der Waals surface area contributed by atoms with Crippen LogP contribution in [-0.2, 0) is 4.74 Å². The van der Waals surface area contributed by atoms with Gasteiger partial charge in [0.05, 0.1) is 18.5 Å². The summed E-state index contributed by atoms with van der Waals surface area (Å²) in [5.41, 5.74) is 4.14. The van der Waals surface area contributed by atoms with Gasteiger partial charge in [-0.3, -0.25) is 0 Å². The Kier molecular flexibility index (Phi) is 5.45. The summed E-state index contributed by atoms with van der Waals surface area (Å²) in [6.07, 6.45) is -3.25.